The molecule has 0 saturated carbocycles. The molecule has 0 bridgehead atoms. The largest absolute Gasteiger partial charge is 0.376 e. The number of fused-ring (bicyclic) bond motifs is 2. The number of rotatable bonds is 6. The molecule has 2 aromatic carbocycles. The van der Waals surface area contributed by atoms with E-state index in [1.54, 1.807) is 11.0 Å². The molecule has 0 radical (unpaired) electrons. The maximum absolute atomic E-state index is 13.3. The summed E-state index contributed by atoms with van der Waals surface area (Å²) in [6.07, 6.45) is 3.67. The highest BCUT2D eigenvalue weighted by Crippen LogP contribution is 2.30. The Bertz CT molecular complexity index is 1310. The summed E-state index contributed by atoms with van der Waals surface area (Å²) in [5.41, 5.74) is 2.41. The second kappa shape index (κ2) is 8.80. The number of nitrogens with zero attached hydrogens (tertiary/aromatic N) is 4. The molecule has 1 saturated heterocycles. The molecule has 2 aromatic heterocycles. The Hall–Kier alpha value is -3.10. The third kappa shape index (κ3) is 4.03. The van der Waals surface area contributed by atoms with Gasteiger partial charge < -0.3 is 4.74 Å². The van der Waals surface area contributed by atoms with Gasteiger partial charge in [-0.05, 0) is 43.5 Å². The van der Waals surface area contributed by atoms with Crippen LogP contribution in [0.1, 0.15) is 24.8 Å². The van der Waals surface area contributed by atoms with E-state index in [0.717, 1.165) is 35.2 Å². The zero-order valence-electron chi connectivity index (χ0n) is 17.9. The van der Waals surface area contributed by atoms with Crippen LogP contribution in [0.2, 0.25) is 0 Å². The number of carbonyl (C=O) groups is 1. The molecule has 1 atom stereocenters. The van der Waals surface area contributed by atoms with Gasteiger partial charge in [-0.15, -0.1) is 0 Å². The lowest BCUT2D eigenvalue weighted by Gasteiger charge is -2.23. The summed E-state index contributed by atoms with van der Waals surface area (Å²) < 4.78 is 8.34. The Morgan fingerprint density at radius 3 is 2.94 bits per heavy atom. The third-order valence-electron chi connectivity index (χ3n) is 5.85. The van der Waals surface area contributed by atoms with Crippen LogP contribution in [-0.4, -0.2) is 39.7 Å². The van der Waals surface area contributed by atoms with Crippen LogP contribution in [-0.2, 0) is 16.1 Å². The minimum atomic E-state index is -0.128. The molecule has 7 nitrogen and oxygen atoms in total. The monoisotopic (exact) mass is 448 g/mol. The molecular formula is C24H24N4O3S. The Kier molecular flexibility index (Phi) is 5.71. The number of thiazole rings is 1. The molecule has 8 heteroatoms. The first-order valence-corrected chi connectivity index (χ1v) is 11.6. The maximum atomic E-state index is 13.3. The molecule has 0 aliphatic carbocycles. The second-order valence-corrected chi connectivity index (χ2v) is 9.08. The van der Waals surface area contributed by atoms with Crippen molar-refractivity contribution >= 4 is 43.5 Å². The van der Waals surface area contributed by atoms with E-state index in [1.807, 2.05) is 43.3 Å². The van der Waals surface area contributed by atoms with Crippen molar-refractivity contribution in [2.45, 2.75) is 38.8 Å². The summed E-state index contributed by atoms with van der Waals surface area (Å²) in [6, 6.07) is 13.4. The van der Waals surface area contributed by atoms with E-state index >= 15 is 0 Å². The van der Waals surface area contributed by atoms with Gasteiger partial charge in [-0.1, -0.05) is 35.6 Å². The first-order valence-electron chi connectivity index (χ1n) is 10.8. The van der Waals surface area contributed by atoms with Crippen LogP contribution in [0, 0.1) is 6.92 Å². The standard InChI is InChI=1S/C24H24N4O3S/c1-16-6-4-8-18-22(16)25-15-27(23(18)30)12-11-21(29)28(14-17-7-5-13-31-17)24-26-19-9-2-3-10-20(19)32-24/h2-4,6,8-10,15,17H,5,7,11-14H2,1H3. The lowest BCUT2D eigenvalue weighted by Crippen LogP contribution is -2.38. The van der Waals surface area contributed by atoms with Crippen LogP contribution in [0.3, 0.4) is 0 Å². The van der Waals surface area contributed by atoms with E-state index < -0.39 is 0 Å². The van der Waals surface area contributed by atoms with Crippen LogP contribution in [0.25, 0.3) is 21.1 Å². The minimum Gasteiger partial charge on any atom is -0.376 e. The number of ether oxygens (including phenoxy) is 1. The van der Waals surface area contributed by atoms with E-state index in [2.05, 4.69) is 9.97 Å². The predicted molar refractivity (Wildman–Crippen MR) is 126 cm³/mol. The van der Waals surface area contributed by atoms with E-state index in [0.29, 0.717) is 22.6 Å². The number of hydrogen-bond acceptors (Lipinski definition) is 6. The fourth-order valence-corrected chi connectivity index (χ4v) is 5.09. The Balaban J connectivity index is 1.39. The SMILES string of the molecule is Cc1cccc2c(=O)n(CCC(=O)N(CC3CCCO3)c3nc4ccccc4s3)cnc12. The van der Waals surface area contributed by atoms with Gasteiger partial charge >= 0.3 is 0 Å². The summed E-state index contributed by atoms with van der Waals surface area (Å²) in [7, 11) is 0. The fraction of sp³-hybridized carbons (Fsp3) is 0.333. The molecule has 1 aliphatic heterocycles. The number of aryl methyl sites for hydroxylation is 2. The second-order valence-electron chi connectivity index (χ2n) is 8.07. The fourth-order valence-electron chi connectivity index (χ4n) is 4.10. The number of anilines is 1. The van der Waals surface area contributed by atoms with Crippen molar-refractivity contribution < 1.29 is 9.53 Å². The van der Waals surface area contributed by atoms with Crippen LogP contribution in [0.4, 0.5) is 5.13 Å². The molecule has 1 fully saturated rings. The summed E-state index contributed by atoms with van der Waals surface area (Å²) in [5.74, 6) is -0.0733. The van der Waals surface area contributed by atoms with Crippen molar-refractivity contribution in [3.63, 3.8) is 0 Å². The van der Waals surface area contributed by atoms with Crippen LogP contribution >= 0.6 is 11.3 Å². The zero-order chi connectivity index (χ0) is 22.1. The number of amides is 1. The Morgan fingerprint density at radius 2 is 2.12 bits per heavy atom. The molecule has 1 aliphatic rings. The first-order chi connectivity index (χ1) is 15.6. The van der Waals surface area contributed by atoms with Crippen molar-refractivity contribution in [3.8, 4) is 0 Å². The van der Waals surface area contributed by atoms with Crippen molar-refractivity contribution in [1.82, 2.24) is 14.5 Å². The van der Waals surface area contributed by atoms with Gasteiger partial charge in [-0.25, -0.2) is 9.97 Å². The number of para-hydroxylation sites is 2. The molecular weight excluding hydrogens is 424 g/mol. The predicted octanol–water partition coefficient (Wildman–Crippen LogP) is 3.92. The average molecular weight is 449 g/mol. The van der Waals surface area contributed by atoms with Gasteiger partial charge in [-0.2, -0.15) is 0 Å². The van der Waals surface area contributed by atoms with Crippen molar-refractivity contribution in [2.75, 3.05) is 18.1 Å². The Morgan fingerprint density at radius 1 is 1.25 bits per heavy atom. The highest BCUT2D eigenvalue weighted by Gasteiger charge is 2.26. The van der Waals surface area contributed by atoms with Crippen molar-refractivity contribution in [2.24, 2.45) is 0 Å². The normalized spacial score (nSPS) is 16.1. The number of aromatic nitrogens is 3. The van der Waals surface area contributed by atoms with Crippen LogP contribution < -0.4 is 10.5 Å². The van der Waals surface area contributed by atoms with Gasteiger partial charge in [0.15, 0.2) is 5.13 Å². The highest BCUT2D eigenvalue weighted by atomic mass is 32.1. The van der Waals surface area contributed by atoms with E-state index in [9.17, 15) is 9.59 Å². The zero-order valence-corrected chi connectivity index (χ0v) is 18.7. The molecule has 1 amide bonds. The van der Waals surface area contributed by atoms with E-state index in [4.69, 9.17) is 4.74 Å². The summed E-state index contributed by atoms with van der Waals surface area (Å²) in [4.78, 5) is 37.1. The molecule has 0 N–H and O–H groups in total. The maximum Gasteiger partial charge on any atom is 0.261 e. The van der Waals surface area contributed by atoms with Gasteiger partial charge in [0.1, 0.15) is 0 Å². The van der Waals surface area contributed by atoms with Crippen LogP contribution in [0.5, 0.6) is 0 Å². The quantitative estimate of drug-likeness (QED) is 0.447. The molecule has 164 valence electrons. The van der Waals surface area contributed by atoms with E-state index in [-0.39, 0.29) is 30.5 Å². The summed E-state index contributed by atoms with van der Waals surface area (Å²) in [6.45, 7) is 3.40. The number of hydrogen-bond donors (Lipinski definition) is 0. The van der Waals surface area contributed by atoms with Gasteiger partial charge in [0.05, 0.1) is 40.1 Å². The third-order valence-corrected chi connectivity index (χ3v) is 6.91. The molecule has 0 spiro atoms. The molecule has 1 unspecified atom stereocenters. The summed E-state index contributed by atoms with van der Waals surface area (Å²) >= 11 is 1.50. The van der Waals surface area contributed by atoms with Crippen molar-refractivity contribution in [3.05, 3.63) is 64.7 Å². The van der Waals surface area contributed by atoms with E-state index in [1.165, 1.54) is 22.2 Å². The first kappa shape index (κ1) is 20.8. The van der Waals surface area contributed by atoms with Gasteiger partial charge in [0.25, 0.3) is 5.56 Å². The minimum absolute atomic E-state index is 0.0130. The number of carbonyl (C=O) groups excluding carboxylic acids is 1. The average Bonchev–Trinajstić information content (AvgIpc) is 3.47. The van der Waals surface area contributed by atoms with Crippen LogP contribution in [0.15, 0.2) is 53.6 Å². The van der Waals surface area contributed by atoms with Gasteiger partial charge in [0.2, 0.25) is 5.91 Å². The lowest BCUT2D eigenvalue weighted by molar-refractivity contribution is -0.119. The van der Waals surface area contributed by atoms with Gasteiger partial charge in [0, 0.05) is 19.6 Å². The summed E-state index contributed by atoms with van der Waals surface area (Å²) in [5, 5.41) is 1.24. The Labute approximate surface area is 189 Å². The lowest BCUT2D eigenvalue weighted by atomic mass is 10.1. The molecule has 5 rings (SSSR count). The molecule has 32 heavy (non-hydrogen) atoms. The van der Waals surface area contributed by atoms with Crippen molar-refractivity contribution in [1.29, 1.82) is 0 Å². The highest BCUT2D eigenvalue weighted by molar-refractivity contribution is 7.22. The molecule has 3 heterocycles. The number of benzene rings is 2. The molecule has 4 aromatic rings. The smallest absolute Gasteiger partial charge is 0.261 e. The van der Waals surface area contributed by atoms with Gasteiger partial charge in [-0.3, -0.25) is 19.1 Å². The topological polar surface area (TPSA) is 77.3 Å².